The van der Waals surface area contributed by atoms with Crippen LogP contribution in [0, 0.1) is 11.6 Å². The van der Waals surface area contributed by atoms with Gasteiger partial charge in [-0.1, -0.05) is 13.3 Å². The highest BCUT2D eigenvalue weighted by molar-refractivity contribution is 7.89. The molecule has 1 aromatic rings. The van der Waals surface area contributed by atoms with Gasteiger partial charge in [0.05, 0.1) is 6.61 Å². The maximum atomic E-state index is 13.8. The molecule has 0 spiro atoms. The first-order chi connectivity index (χ1) is 8.79. The summed E-state index contributed by atoms with van der Waals surface area (Å²) in [4.78, 5) is 10.6. The van der Waals surface area contributed by atoms with Gasteiger partial charge in [0, 0.05) is 0 Å². The zero-order valence-electron chi connectivity index (χ0n) is 10.2. The second-order valence-corrected chi connectivity index (χ2v) is 5.30. The molecule has 0 unspecified atom stereocenters. The van der Waals surface area contributed by atoms with Crippen LogP contribution in [0.15, 0.2) is 17.0 Å². The van der Waals surface area contributed by atoms with E-state index in [9.17, 15) is 22.0 Å². The predicted molar refractivity (Wildman–Crippen MR) is 62.9 cm³/mol. The molecule has 5 nitrogen and oxygen atoms in total. The lowest BCUT2D eigenvalue weighted by molar-refractivity contribution is 0.0488. The second kappa shape index (κ2) is 6.07. The minimum atomic E-state index is -4.38. The summed E-state index contributed by atoms with van der Waals surface area (Å²) in [5.41, 5.74) is -1.05. The molecule has 0 bridgehead atoms. The molecule has 19 heavy (non-hydrogen) atoms. The molecule has 1 aromatic carbocycles. The highest BCUT2D eigenvalue weighted by Gasteiger charge is 2.26. The average Bonchev–Trinajstić information content (AvgIpc) is 2.27. The molecule has 0 fully saturated rings. The molecule has 0 saturated heterocycles. The highest BCUT2D eigenvalue weighted by Crippen LogP contribution is 2.21. The third-order valence-corrected chi connectivity index (χ3v) is 3.23. The molecule has 0 aromatic heterocycles. The molecule has 106 valence electrons. The molecule has 1 rings (SSSR count). The van der Waals surface area contributed by atoms with Crippen LogP contribution < -0.4 is 5.14 Å². The molecule has 0 amide bonds. The van der Waals surface area contributed by atoms with Gasteiger partial charge in [-0.25, -0.2) is 27.1 Å². The van der Waals surface area contributed by atoms with Gasteiger partial charge in [-0.2, -0.15) is 0 Å². The molecule has 0 aliphatic rings. The fraction of sp³-hybridized carbons (Fsp3) is 0.364. The predicted octanol–water partition coefficient (Wildman–Crippen LogP) is 1.57. The van der Waals surface area contributed by atoms with E-state index in [0.29, 0.717) is 18.6 Å². The van der Waals surface area contributed by atoms with Gasteiger partial charge in [0.1, 0.15) is 16.3 Å². The second-order valence-electron chi connectivity index (χ2n) is 3.77. The average molecular weight is 293 g/mol. The van der Waals surface area contributed by atoms with E-state index in [1.165, 1.54) is 0 Å². The van der Waals surface area contributed by atoms with Crippen LogP contribution >= 0.6 is 0 Å². The van der Waals surface area contributed by atoms with E-state index in [4.69, 9.17) is 5.14 Å². The third kappa shape index (κ3) is 3.71. The van der Waals surface area contributed by atoms with Gasteiger partial charge < -0.3 is 4.74 Å². The van der Waals surface area contributed by atoms with Crippen molar-refractivity contribution in [3.63, 3.8) is 0 Å². The van der Waals surface area contributed by atoms with E-state index in [1.54, 1.807) is 0 Å². The first-order valence-corrected chi connectivity index (χ1v) is 7.01. The molecule has 0 aliphatic carbocycles. The molecule has 0 radical (unpaired) electrons. The number of nitrogens with two attached hydrogens (primary N) is 1. The first-order valence-electron chi connectivity index (χ1n) is 5.47. The SMILES string of the molecule is CCCCOC(=O)c1c(F)ccc(S(N)(=O)=O)c1F. The maximum Gasteiger partial charge on any atom is 0.344 e. The van der Waals surface area contributed by atoms with Gasteiger partial charge in [-0.15, -0.1) is 0 Å². The van der Waals surface area contributed by atoms with Gasteiger partial charge >= 0.3 is 5.97 Å². The highest BCUT2D eigenvalue weighted by atomic mass is 32.2. The molecule has 2 N–H and O–H groups in total. The number of unbranched alkanes of at least 4 members (excludes halogenated alkanes) is 1. The van der Waals surface area contributed by atoms with Crippen LogP contribution in [-0.2, 0) is 14.8 Å². The molecule has 0 saturated carbocycles. The Labute approximate surface area is 109 Å². The number of hydrogen-bond acceptors (Lipinski definition) is 4. The van der Waals surface area contributed by atoms with Gasteiger partial charge in [0.15, 0.2) is 5.82 Å². The van der Waals surface area contributed by atoms with Gasteiger partial charge in [-0.05, 0) is 18.6 Å². The van der Waals surface area contributed by atoms with Gasteiger partial charge in [0.25, 0.3) is 0 Å². The van der Waals surface area contributed by atoms with Crippen LogP contribution in [0.3, 0.4) is 0 Å². The van der Waals surface area contributed by atoms with Crippen molar-refractivity contribution in [3.05, 3.63) is 29.3 Å². The Hall–Kier alpha value is -1.54. The first kappa shape index (κ1) is 15.5. The molecule has 0 aliphatic heterocycles. The zero-order chi connectivity index (χ0) is 14.6. The quantitative estimate of drug-likeness (QED) is 0.659. The minimum absolute atomic E-state index is 0.00613. The normalized spacial score (nSPS) is 11.4. The van der Waals surface area contributed by atoms with Crippen LogP contribution in [0.1, 0.15) is 30.1 Å². The summed E-state index contributed by atoms with van der Waals surface area (Å²) in [6, 6.07) is 1.31. The number of sulfonamides is 1. The van der Waals surface area contributed by atoms with Crippen molar-refractivity contribution in [3.8, 4) is 0 Å². The van der Waals surface area contributed by atoms with E-state index in [2.05, 4.69) is 4.74 Å². The summed E-state index contributed by atoms with van der Waals surface area (Å²) >= 11 is 0. The van der Waals surface area contributed by atoms with Crippen molar-refractivity contribution < 1.29 is 26.7 Å². The number of carbonyl (C=O) groups is 1. The Bertz CT molecular complexity index is 587. The monoisotopic (exact) mass is 293 g/mol. The molecular formula is C11H13F2NO4S. The largest absolute Gasteiger partial charge is 0.462 e. The van der Waals surface area contributed by atoms with E-state index >= 15 is 0 Å². The third-order valence-electron chi connectivity index (χ3n) is 2.30. The number of benzene rings is 1. The lowest BCUT2D eigenvalue weighted by Crippen LogP contribution is -2.18. The Morgan fingerprint density at radius 2 is 2.00 bits per heavy atom. The number of esters is 1. The Balaban J connectivity index is 3.17. The van der Waals surface area contributed by atoms with E-state index < -0.39 is 38.1 Å². The maximum absolute atomic E-state index is 13.8. The standard InChI is InChI=1S/C11H13F2NO4S/c1-2-3-6-18-11(15)9-7(12)4-5-8(10(9)13)19(14,16)17/h4-5H,2-3,6H2,1H3,(H2,14,16,17). The molecule has 0 heterocycles. The lowest BCUT2D eigenvalue weighted by Gasteiger charge is -2.08. The van der Waals surface area contributed by atoms with Crippen LogP contribution in [0.2, 0.25) is 0 Å². The summed E-state index contributed by atoms with van der Waals surface area (Å²) in [7, 11) is -4.38. The molecule has 0 atom stereocenters. The van der Waals surface area contributed by atoms with E-state index in [1.807, 2.05) is 6.92 Å². The number of halogens is 2. The summed E-state index contributed by atoms with van der Waals surface area (Å²) < 4.78 is 54.0. The Kier molecular flexibility index (Phi) is 4.96. The fourth-order valence-corrected chi connectivity index (χ4v) is 1.93. The van der Waals surface area contributed by atoms with Crippen LogP contribution in [0.5, 0.6) is 0 Å². The van der Waals surface area contributed by atoms with E-state index in [0.717, 1.165) is 6.42 Å². The zero-order valence-corrected chi connectivity index (χ0v) is 11.0. The number of rotatable bonds is 5. The summed E-state index contributed by atoms with van der Waals surface area (Å²) in [6.45, 7) is 1.84. The van der Waals surface area contributed by atoms with Crippen LogP contribution in [0.25, 0.3) is 0 Å². The minimum Gasteiger partial charge on any atom is -0.462 e. The van der Waals surface area contributed by atoms with Crippen molar-refractivity contribution >= 4 is 16.0 Å². The Morgan fingerprint density at radius 1 is 1.37 bits per heavy atom. The van der Waals surface area contributed by atoms with E-state index in [-0.39, 0.29) is 6.61 Å². The lowest BCUT2D eigenvalue weighted by atomic mass is 10.2. The summed E-state index contributed by atoms with van der Waals surface area (Å²) in [6.07, 6.45) is 1.26. The molecular weight excluding hydrogens is 280 g/mol. The van der Waals surface area contributed by atoms with Crippen molar-refractivity contribution in [1.82, 2.24) is 0 Å². The van der Waals surface area contributed by atoms with Crippen LogP contribution in [0.4, 0.5) is 8.78 Å². The Morgan fingerprint density at radius 3 is 2.53 bits per heavy atom. The summed E-state index contributed by atoms with van der Waals surface area (Å²) in [5, 5.41) is 4.76. The molecule has 8 heteroatoms. The smallest absolute Gasteiger partial charge is 0.344 e. The van der Waals surface area contributed by atoms with Gasteiger partial charge in [-0.3, -0.25) is 0 Å². The number of ether oxygens (including phenoxy) is 1. The topological polar surface area (TPSA) is 86.5 Å². The number of carbonyl (C=O) groups excluding carboxylic acids is 1. The van der Waals surface area contributed by atoms with Crippen molar-refractivity contribution in [1.29, 1.82) is 0 Å². The van der Waals surface area contributed by atoms with Crippen LogP contribution in [-0.4, -0.2) is 21.0 Å². The van der Waals surface area contributed by atoms with Crippen molar-refractivity contribution in [2.75, 3.05) is 6.61 Å². The number of primary sulfonamides is 1. The number of hydrogen-bond donors (Lipinski definition) is 1. The van der Waals surface area contributed by atoms with Gasteiger partial charge in [0.2, 0.25) is 10.0 Å². The van der Waals surface area contributed by atoms with Crippen molar-refractivity contribution in [2.24, 2.45) is 5.14 Å². The fourth-order valence-electron chi connectivity index (χ4n) is 1.32. The summed E-state index contributed by atoms with van der Waals surface area (Å²) in [5.74, 6) is -4.00. The van der Waals surface area contributed by atoms with Crippen molar-refractivity contribution in [2.45, 2.75) is 24.7 Å².